The first-order chi connectivity index (χ1) is 10.1. The van der Waals surface area contributed by atoms with Gasteiger partial charge in [0, 0.05) is 13.5 Å². The fraction of sp³-hybridized carbons (Fsp3) is 0.562. The summed E-state index contributed by atoms with van der Waals surface area (Å²) >= 11 is 0. The fourth-order valence-corrected chi connectivity index (χ4v) is 2.65. The highest BCUT2D eigenvalue weighted by atomic mass is 16.6. The Morgan fingerprint density at radius 3 is 2.67 bits per heavy atom. The van der Waals surface area contributed by atoms with Gasteiger partial charge in [0.1, 0.15) is 18.0 Å². The molecule has 0 bridgehead atoms. The molecule has 1 aromatic rings. The van der Waals surface area contributed by atoms with Gasteiger partial charge in [-0.2, -0.15) is 0 Å². The number of aliphatic hydroxyl groups is 1. The summed E-state index contributed by atoms with van der Waals surface area (Å²) in [5, 5.41) is 13.1. The number of aliphatic hydroxyl groups excluding tert-OH is 1. The van der Waals surface area contributed by atoms with E-state index >= 15 is 0 Å². The molecule has 5 heteroatoms. The van der Waals surface area contributed by atoms with E-state index in [-0.39, 0.29) is 12.0 Å². The minimum absolute atomic E-state index is 0.0564. The quantitative estimate of drug-likeness (QED) is 0.793. The lowest BCUT2D eigenvalue weighted by Gasteiger charge is -2.21. The molecule has 2 N–H and O–H groups in total. The molecule has 0 radical (unpaired) electrons. The summed E-state index contributed by atoms with van der Waals surface area (Å²) in [4.78, 5) is 11.1. The minimum Gasteiger partial charge on any atom is -0.490 e. The van der Waals surface area contributed by atoms with Gasteiger partial charge < -0.3 is 19.9 Å². The minimum atomic E-state index is -0.642. The summed E-state index contributed by atoms with van der Waals surface area (Å²) in [5.74, 6) is 0.540. The van der Waals surface area contributed by atoms with Crippen LogP contribution in [0, 0.1) is 0 Å². The molecule has 1 saturated heterocycles. The average molecular weight is 291 g/mol. The molecular formula is C16H21NO4. The smallest absolute Gasteiger partial charge is 0.303 e. The van der Waals surface area contributed by atoms with E-state index in [1.807, 2.05) is 24.3 Å². The van der Waals surface area contributed by atoms with Gasteiger partial charge >= 0.3 is 5.97 Å². The zero-order valence-corrected chi connectivity index (χ0v) is 12.1. The van der Waals surface area contributed by atoms with Crippen molar-refractivity contribution in [3.05, 3.63) is 29.8 Å². The maximum atomic E-state index is 11.1. The predicted octanol–water partition coefficient (Wildman–Crippen LogP) is 1.03. The van der Waals surface area contributed by atoms with Crippen molar-refractivity contribution in [3.8, 4) is 5.75 Å². The van der Waals surface area contributed by atoms with E-state index in [1.165, 1.54) is 6.92 Å². The lowest BCUT2D eigenvalue weighted by molar-refractivity contribution is -0.151. The summed E-state index contributed by atoms with van der Waals surface area (Å²) < 4.78 is 10.9. The van der Waals surface area contributed by atoms with Crippen LogP contribution < -0.4 is 10.1 Å². The molecule has 0 aromatic heterocycles. The number of nitrogens with one attached hydrogen (secondary N) is 1. The SMILES string of the molecule is CC(=O)O[C@@H]1[C@@H](O)CN[C@@H]1Cc1ccc(OC2CC2)cc1. The molecular weight excluding hydrogens is 270 g/mol. The van der Waals surface area contributed by atoms with Crippen LogP contribution in [-0.4, -0.2) is 42.0 Å². The number of hydrogen-bond acceptors (Lipinski definition) is 5. The van der Waals surface area contributed by atoms with Gasteiger partial charge in [0.25, 0.3) is 0 Å². The number of hydrogen-bond donors (Lipinski definition) is 2. The van der Waals surface area contributed by atoms with Crippen molar-refractivity contribution >= 4 is 5.97 Å². The molecule has 2 aliphatic rings. The van der Waals surface area contributed by atoms with Crippen molar-refractivity contribution in [1.82, 2.24) is 5.32 Å². The van der Waals surface area contributed by atoms with Crippen molar-refractivity contribution < 1.29 is 19.4 Å². The van der Waals surface area contributed by atoms with Crippen molar-refractivity contribution in [1.29, 1.82) is 0 Å². The summed E-state index contributed by atoms with van der Waals surface area (Å²) in [6.45, 7) is 1.82. The Labute approximate surface area is 124 Å². The molecule has 3 atom stereocenters. The fourth-order valence-electron chi connectivity index (χ4n) is 2.65. The lowest BCUT2D eigenvalue weighted by atomic mass is 10.0. The monoisotopic (exact) mass is 291 g/mol. The van der Waals surface area contributed by atoms with Crippen LogP contribution in [0.5, 0.6) is 5.75 Å². The summed E-state index contributed by atoms with van der Waals surface area (Å²) in [5.41, 5.74) is 1.13. The van der Waals surface area contributed by atoms with Gasteiger partial charge in [-0.3, -0.25) is 4.79 Å². The number of benzene rings is 1. The van der Waals surface area contributed by atoms with Crippen LogP contribution in [0.1, 0.15) is 25.3 Å². The number of esters is 1. The van der Waals surface area contributed by atoms with E-state index in [4.69, 9.17) is 9.47 Å². The molecule has 0 amide bonds. The molecule has 2 fully saturated rings. The number of ether oxygens (including phenoxy) is 2. The van der Waals surface area contributed by atoms with Crippen LogP contribution in [-0.2, 0) is 16.0 Å². The van der Waals surface area contributed by atoms with E-state index in [1.54, 1.807) is 0 Å². The van der Waals surface area contributed by atoms with E-state index in [2.05, 4.69) is 5.32 Å². The normalized spacial score (nSPS) is 28.4. The van der Waals surface area contributed by atoms with Crippen LogP contribution in [0.2, 0.25) is 0 Å². The zero-order chi connectivity index (χ0) is 14.8. The largest absolute Gasteiger partial charge is 0.490 e. The Kier molecular flexibility index (Phi) is 4.12. The van der Waals surface area contributed by atoms with Crippen LogP contribution in [0.25, 0.3) is 0 Å². The Hall–Kier alpha value is -1.59. The van der Waals surface area contributed by atoms with Gasteiger partial charge in [-0.05, 0) is 37.0 Å². The summed E-state index contributed by atoms with van der Waals surface area (Å²) in [6, 6.07) is 7.93. The Balaban J connectivity index is 1.60. The molecule has 1 aliphatic heterocycles. The average Bonchev–Trinajstić information content (AvgIpc) is 3.20. The van der Waals surface area contributed by atoms with Crippen LogP contribution in [0.15, 0.2) is 24.3 Å². The topological polar surface area (TPSA) is 67.8 Å². The molecule has 0 spiro atoms. The van der Waals surface area contributed by atoms with E-state index in [0.717, 1.165) is 24.2 Å². The van der Waals surface area contributed by atoms with Gasteiger partial charge in [0.2, 0.25) is 0 Å². The predicted molar refractivity (Wildman–Crippen MR) is 77.1 cm³/mol. The summed E-state index contributed by atoms with van der Waals surface area (Å²) in [7, 11) is 0. The van der Waals surface area contributed by atoms with Gasteiger partial charge in [-0.25, -0.2) is 0 Å². The third-order valence-electron chi connectivity index (χ3n) is 3.87. The molecule has 1 aliphatic carbocycles. The highest BCUT2D eigenvalue weighted by Crippen LogP contribution is 2.27. The van der Waals surface area contributed by atoms with Crippen molar-refractivity contribution in [3.63, 3.8) is 0 Å². The van der Waals surface area contributed by atoms with E-state index < -0.39 is 12.2 Å². The van der Waals surface area contributed by atoms with E-state index in [0.29, 0.717) is 19.1 Å². The van der Waals surface area contributed by atoms with Gasteiger partial charge in [-0.1, -0.05) is 12.1 Å². The maximum Gasteiger partial charge on any atom is 0.303 e. The first-order valence-electron chi connectivity index (χ1n) is 7.46. The van der Waals surface area contributed by atoms with Crippen LogP contribution in [0.3, 0.4) is 0 Å². The second-order valence-corrected chi connectivity index (χ2v) is 5.82. The lowest BCUT2D eigenvalue weighted by Crippen LogP contribution is -2.38. The maximum absolute atomic E-state index is 11.1. The highest BCUT2D eigenvalue weighted by Gasteiger charge is 2.37. The Bertz CT molecular complexity index is 498. The molecule has 1 heterocycles. The third kappa shape index (κ3) is 3.74. The highest BCUT2D eigenvalue weighted by molar-refractivity contribution is 5.66. The van der Waals surface area contributed by atoms with Gasteiger partial charge in [0.05, 0.1) is 12.1 Å². The molecule has 114 valence electrons. The summed E-state index contributed by atoms with van der Waals surface area (Å²) in [6.07, 6.45) is 2.28. The van der Waals surface area contributed by atoms with Crippen molar-refractivity contribution in [2.45, 2.75) is 50.5 Å². The second-order valence-electron chi connectivity index (χ2n) is 5.82. The number of carbonyl (C=O) groups excluding carboxylic acids is 1. The number of β-amino-alcohol motifs (C(OH)–C–C–N with tert-alkyl or cyclic N) is 1. The van der Waals surface area contributed by atoms with E-state index in [9.17, 15) is 9.90 Å². The Morgan fingerprint density at radius 1 is 1.33 bits per heavy atom. The van der Waals surface area contributed by atoms with Crippen molar-refractivity contribution in [2.75, 3.05) is 6.54 Å². The second kappa shape index (κ2) is 6.03. The van der Waals surface area contributed by atoms with Crippen LogP contribution in [0.4, 0.5) is 0 Å². The molecule has 1 aromatic carbocycles. The third-order valence-corrected chi connectivity index (χ3v) is 3.87. The zero-order valence-electron chi connectivity index (χ0n) is 12.1. The first-order valence-corrected chi connectivity index (χ1v) is 7.46. The number of carbonyl (C=O) groups is 1. The first kappa shape index (κ1) is 14.4. The van der Waals surface area contributed by atoms with Crippen LogP contribution >= 0.6 is 0 Å². The molecule has 3 rings (SSSR count). The van der Waals surface area contributed by atoms with Crippen molar-refractivity contribution in [2.24, 2.45) is 0 Å². The van der Waals surface area contributed by atoms with Gasteiger partial charge in [0.15, 0.2) is 0 Å². The molecule has 21 heavy (non-hydrogen) atoms. The molecule has 5 nitrogen and oxygen atoms in total. The number of rotatable bonds is 5. The molecule has 0 unspecified atom stereocenters. The van der Waals surface area contributed by atoms with Gasteiger partial charge in [-0.15, -0.1) is 0 Å². The standard InChI is InChI=1S/C16H21NO4/c1-10(18)20-16-14(17-9-15(16)19)8-11-2-4-12(5-3-11)21-13-6-7-13/h2-5,13-17,19H,6-9H2,1H3/t14-,15+,16+/m1/s1. The molecule has 1 saturated carbocycles. The Morgan fingerprint density at radius 2 is 2.05 bits per heavy atom.